The van der Waals surface area contributed by atoms with E-state index >= 15 is 0 Å². The van der Waals surface area contributed by atoms with Gasteiger partial charge in [-0.3, -0.25) is 0 Å². The van der Waals surface area contributed by atoms with E-state index in [1.165, 1.54) is 18.0 Å². The van der Waals surface area contributed by atoms with Gasteiger partial charge in [0.15, 0.2) is 0 Å². The predicted molar refractivity (Wildman–Crippen MR) is 41.6 cm³/mol. The van der Waals surface area contributed by atoms with Crippen LogP contribution in [0.1, 0.15) is 18.7 Å². The van der Waals surface area contributed by atoms with E-state index in [0.29, 0.717) is 0 Å². The zero-order valence-electron chi connectivity index (χ0n) is 7.40. The average Bonchev–Trinajstić information content (AvgIpc) is 2.63. The molecule has 1 rings (SSSR count). The SMILES string of the molecule is COC(=O)[C@H](C)n1cc(CF)nn1. The van der Waals surface area contributed by atoms with Crippen molar-refractivity contribution in [1.82, 2.24) is 15.0 Å². The molecule has 0 radical (unpaired) electrons. The number of carbonyl (C=O) groups is 1. The van der Waals surface area contributed by atoms with E-state index in [1.54, 1.807) is 6.92 Å². The van der Waals surface area contributed by atoms with E-state index in [1.807, 2.05) is 0 Å². The summed E-state index contributed by atoms with van der Waals surface area (Å²) in [5.41, 5.74) is 0.204. The number of alkyl halides is 1. The van der Waals surface area contributed by atoms with Gasteiger partial charge < -0.3 is 4.74 Å². The summed E-state index contributed by atoms with van der Waals surface area (Å²) in [4.78, 5) is 11.0. The average molecular weight is 187 g/mol. The lowest BCUT2D eigenvalue weighted by Crippen LogP contribution is -2.18. The highest BCUT2D eigenvalue weighted by atomic mass is 19.1. The number of esters is 1. The first-order valence-electron chi connectivity index (χ1n) is 3.73. The summed E-state index contributed by atoms with van der Waals surface area (Å²) in [5, 5.41) is 7.08. The van der Waals surface area contributed by atoms with E-state index in [4.69, 9.17) is 0 Å². The highest BCUT2D eigenvalue weighted by Crippen LogP contribution is 2.06. The van der Waals surface area contributed by atoms with Crippen LogP contribution in [-0.2, 0) is 16.2 Å². The predicted octanol–water partition coefficient (Wildman–Crippen LogP) is 0.482. The van der Waals surface area contributed by atoms with Gasteiger partial charge in [0.25, 0.3) is 0 Å². The smallest absolute Gasteiger partial charge is 0.330 e. The monoisotopic (exact) mass is 187 g/mol. The molecule has 0 aliphatic carbocycles. The van der Waals surface area contributed by atoms with Crippen LogP contribution in [0.2, 0.25) is 0 Å². The quantitative estimate of drug-likeness (QED) is 0.646. The number of rotatable bonds is 3. The van der Waals surface area contributed by atoms with Gasteiger partial charge in [0.2, 0.25) is 0 Å². The first-order chi connectivity index (χ1) is 6.19. The van der Waals surface area contributed by atoms with Gasteiger partial charge in [-0.1, -0.05) is 5.21 Å². The van der Waals surface area contributed by atoms with Gasteiger partial charge in [0.1, 0.15) is 18.4 Å². The minimum atomic E-state index is -0.687. The van der Waals surface area contributed by atoms with Crippen molar-refractivity contribution in [3.63, 3.8) is 0 Å². The van der Waals surface area contributed by atoms with E-state index in [0.717, 1.165) is 0 Å². The van der Waals surface area contributed by atoms with Crippen molar-refractivity contribution in [2.75, 3.05) is 7.11 Å². The lowest BCUT2D eigenvalue weighted by Gasteiger charge is -2.07. The Morgan fingerprint density at radius 2 is 2.54 bits per heavy atom. The second kappa shape index (κ2) is 3.97. The molecule has 0 N–H and O–H groups in total. The molecule has 1 atom stereocenters. The first kappa shape index (κ1) is 9.63. The summed E-state index contributed by atoms with van der Waals surface area (Å²) in [6, 6.07) is -0.571. The van der Waals surface area contributed by atoms with Crippen molar-refractivity contribution in [1.29, 1.82) is 0 Å². The number of ether oxygens (including phenoxy) is 1. The standard InChI is InChI=1S/C7H10FN3O2/c1-5(7(12)13-2)11-4-6(3-8)9-10-11/h4-5H,3H2,1-2H3/t5-/m0/s1. The largest absolute Gasteiger partial charge is 0.467 e. The molecule has 0 spiro atoms. The molecule has 6 heteroatoms. The Hall–Kier alpha value is -1.46. The van der Waals surface area contributed by atoms with Crippen LogP contribution < -0.4 is 0 Å². The molecule has 0 unspecified atom stereocenters. The minimum Gasteiger partial charge on any atom is -0.467 e. The molecule has 0 bridgehead atoms. The van der Waals surface area contributed by atoms with Crippen molar-refractivity contribution in [3.8, 4) is 0 Å². The van der Waals surface area contributed by atoms with E-state index in [2.05, 4.69) is 15.0 Å². The van der Waals surface area contributed by atoms with E-state index < -0.39 is 18.7 Å². The molecule has 1 aromatic rings. The van der Waals surface area contributed by atoms with Crippen LogP contribution in [0.3, 0.4) is 0 Å². The maximum Gasteiger partial charge on any atom is 0.330 e. The van der Waals surface area contributed by atoms with Gasteiger partial charge in [-0.2, -0.15) is 0 Å². The maximum atomic E-state index is 12.1. The normalized spacial score (nSPS) is 12.5. The van der Waals surface area contributed by atoms with Crippen molar-refractivity contribution in [2.24, 2.45) is 0 Å². The van der Waals surface area contributed by atoms with Gasteiger partial charge in [-0.15, -0.1) is 5.10 Å². The van der Waals surface area contributed by atoms with Crippen LogP contribution in [-0.4, -0.2) is 28.1 Å². The van der Waals surface area contributed by atoms with Crippen LogP contribution in [0.5, 0.6) is 0 Å². The highest BCUT2D eigenvalue weighted by Gasteiger charge is 2.16. The molecule has 5 nitrogen and oxygen atoms in total. The number of hydrogen-bond acceptors (Lipinski definition) is 4. The Morgan fingerprint density at radius 1 is 1.85 bits per heavy atom. The summed E-state index contributed by atoms with van der Waals surface area (Å²) in [5.74, 6) is -0.435. The molecule has 0 amide bonds. The molecular weight excluding hydrogens is 177 g/mol. The fourth-order valence-corrected chi connectivity index (χ4v) is 0.842. The molecule has 0 saturated carbocycles. The Morgan fingerprint density at radius 3 is 3.00 bits per heavy atom. The lowest BCUT2D eigenvalue weighted by molar-refractivity contribution is -0.144. The minimum absolute atomic E-state index is 0.204. The van der Waals surface area contributed by atoms with Crippen molar-refractivity contribution in [2.45, 2.75) is 19.6 Å². The fraction of sp³-hybridized carbons (Fsp3) is 0.571. The molecule has 0 aromatic carbocycles. The van der Waals surface area contributed by atoms with Gasteiger partial charge >= 0.3 is 5.97 Å². The zero-order chi connectivity index (χ0) is 9.84. The van der Waals surface area contributed by atoms with Crippen molar-refractivity contribution < 1.29 is 13.9 Å². The van der Waals surface area contributed by atoms with Crippen LogP contribution in [0, 0.1) is 0 Å². The Balaban J connectivity index is 2.76. The molecule has 0 aliphatic rings. The first-order valence-corrected chi connectivity index (χ1v) is 3.73. The third-order valence-corrected chi connectivity index (χ3v) is 1.63. The molecule has 0 fully saturated rings. The number of nitrogens with zero attached hydrogens (tertiary/aromatic N) is 3. The third-order valence-electron chi connectivity index (χ3n) is 1.63. The van der Waals surface area contributed by atoms with Crippen LogP contribution in [0.25, 0.3) is 0 Å². The zero-order valence-corrected chi connectivity index (χ0v) is 7.40. The Bertz CT molecular complexity index is 300. The molecule has 1 heterocycles. The van der Waals surface area contributed by atoms with Crippen molar-refractivity contribution in [3.05, 3.63) is 11.9 Å². The maximum absolute atomic E-state index is 12.1. The van der Waals surface area contributed by atoms with Crippen molar-refractivity contribution >= 4 is 5.97 Å². The molecule has 0 saturated heterocycles. The molecule has 0 aliphatic heterocycles. The lowest BCUT2D eigenvalue weighted by atomic mass is 10.3. The Labute approximate surface area is 74.5 Å². The molecular formula is C7H10FN3O2. The van der Waals surface area contributed by atoms with E-state index in [9.17, 15) is 9.18 Å². The molecule has 13 heavy (non-hydrogen) atoms. The molecule has 72 valence electrons. The van der Waals surface area contributed by atoms with Gasteiger partial charge in [0.05, 0.1) is 13.3 Å². The number of aromatic nitrogens is 3. The third kappa shape index (κ3) is 2.01. The highest BCUT2D eigenvalue weighted by molar-refractivity contribution is 5.73. The number of carbonyl (C=O) groups excluding carboxylic acids is 1. The fourth-order valence-electron chi connectivity index (χ4n) is 0.842. The summed E-state index contributed by atoms with van der Waals surface area (Å²) < 4.78 is 17.8. The number of hydrogen-bond donors (Lipinski definition) is 0. The summed E-state index contributed by atoms with van der Waals surface area (Å²) in [7, 11) is 1.28. The summed E-state index contributed by atoms with van der Waals surface area (Å²) >= 11 is 0. The van der Waals surface area contributed by atoms with Crippen LogP contribution >= 0.6 is 0 Å². The molecule has 1 aromatic heterocycles. The summed E-state index contributed by atoms with van der Waals surface area (Å²) in [6.07, 6.45) is 1.38. The van der Waals surface area contributed by atoms with Crippen LogP contribution in [0.4, 0.5) is 4.39 Å². The number of methoxy groups -OCH3 is 1. The topological polar surface area (TPSA) is 57.0 Å². The number of halogens is 1. The van der Waals surface area contributed by atoms with Crippen LogP contribution in [0.15, 0.2) is 6.20 Å². The van der Waals surface area contributed by atoms with Gasteiger partial charge in [-0.25, -0.2) is 13.9 Å². The van der Waals surface area contributed by atoms with E-state index in [-0.39, 0.29) is 5.69 Å². The summed E-state index contributed by atoms with van der Waals surface area (Å²) in [6.45, 7) is 0.913. The van der Waals surface area contributed by atoms with Gasteiger partial charge in [0, 0.05) is 0 Å². The second-order valence-corrected chi connectivity index (χ2v) is 2.52. The Kier molecular flexibility index (Phi) is 2.94. The second-order valence-electron chi connectivity index (χ2n) is 2.52. The van der Waals surface area contributed by atoms with Gasteiger partial charge in [-0.05, 0) is 6.92 Å².